The summed E-state index contributed by atoms with van der Waals surface area (Å²) in [5.41, 5.74) is 7.82. The number of thiocarbonyl (C=S) groups is 1. The first kappa shape index (κ1) is 18.2. The van der Waals surface area contributed by atoms with Gasteiger partial charge in [-0.3, -0.25) is 15.6 Å². The lowest BCUT2D eigenvalue weighted by molar-refractivity contribution is -0.122. The molecule has 25 heavy (non-hydrogen) atoms. The Morgan fingerprint density at radius 3 is 2.60 bits per heavy atom. The Kier molecular flexibility index (Phi) is 6.29. The van der Waals surface area contributed by atoms with E-state index in [1.807, 2.05) is 12.1 Å². The number of nitrogens with one attached hydrogen (secondary N) is 3. The van der Waals surface area contributed by atoms with Gasteiger partial charge >= 0.3 is 0 Å². The third-order valence-electron chi connectivity index (χ3n) is 5.68. The number of carbonyl (C=O) groups excluding carboxylic acids is 1. The van der Waals surface area contributed by atoms with Crippen molar-refractivity contribution in [3.05, 3.63) is 29.8 Å². The maximum Gasteiger partial charge on any atom is 0.238 e. The predicted octanol–water partition coefficient (Wildman–Crippen LogP) is 4.17. The molecule has 136 valence electrons. The van der Waals surface area contributed by atoms with Crippen LogP contribution in [0.2, 0.25) is 0 Å². The molecule has 1 aromatic rings. The van der Waals surface area contributed by atoms with Gasteiger partial charge < -0.3 is 5.32 Å². The molecule has 4 nitrogen and oxygen atoms in total. The molecule has 0 heterocycles. The third kappa shape index (κ3) is 5.18. The number of fused-ring (bicyclic) bond motifs is 2. The lowest BCUT2D eigenvalue weighted by atomic mass is 9.86. The number of rotatable bonds is 6. The van der Waals surface area contributed by atoms with Crippen LogP contribution in [0.4, 0.5) is 5.69 Å². The van der Waals surface area contributed by atoms with E-state index in [9.17, 15) is 4.79 Å². The lowest BCUT2D eigenvalue weighted by Gasteiger charge is -2.21. The highest BCUT2D eigenvalue weighted by atomic mass is 32.1. The van der Waals surface area contributed by atoms with E-state index in [1.165, 1.54) is 44.1 Å². The third-order valence-corrected chi connectivity index (χ3v) is 5.88. The standard InChI is InChI=1S/C20H29N3OS/c1-2-3-4-14-6-9-18(10-7-14)21-20(25)23-22-19(24)13-17-12-15-5-8-16(17)11-15/h6-7,9-10,15-17H,2-5,8,11-13H2,1H3,(H,22,24)(H2,21,23,25)/t15-,16+,17-/m0/s1. The number of anilines is 1. The summed E-state index contributed by atoms with van der Waals surface area (Å²) in [6, 6.07) is 8.29. The van der Waals surface area contributed by atoms with Gasteiger partial charge in [0.05, 0.1) is 0 Å². The van der Waals surface area contributed by atoms with Crippen LogP contribution in [0, 0.1) is 17.8 Å². The van der Waals surface area contributed by atoms with Gasteiger partial charge in [-0.25, -0.2) is 0 Å². The molecule has 3 atom stereocenters. The second-order valence-electron chi connectivity index (χ2n) is 7.57. The molecule has 1 amide bonds. The zero-order chi connectivity index (χ0) is 17.6. The van der Waals surface area contributed by atoms with Gasteiger partial charge in [0.2, 0.25) is 5.91 Å². The predicted molar refractivity (Wildman–Crippen MR) is 106 cm³/mol. The van der Waals surface area contributed by atoms with Crippen LogP contribution in [0.3, 0.4) is 0 Å². The molecule has 2 saturated carbocycles. The Bertz CT molecular complexity index is 601. The summed E-state index contributed by atoms with van der Waals surface area (Å²) in [7, 11) is 0. The molecule has 2 aliphatic carbocycles. The molecule has 0 spiro atoms. The summed E-state index contributed by atoms with van der Waals surface area (Å²) in [6.45, 7) is 2.20. The zero-order valence-electron chi connectivity index (χ0n) is 15.0. The van der Waals surface area contributed by atoms with E-state index in [2.05, 4.69) is 35.2 Å². The van der Waals surface area contributed by atoms with Crippen molar-refractivity contribution in [2.45, 2.75) is 58.3 Å². The van der Waals surface area contributed by atoms with Gasteiger partial charge in [-0.2, -0.15) is 0 Å². The minimum Gasteiger partial charge on any atom is -0.331 e. The molecule has 0 aromatic heterocycles. The molecule has 5 heteroatoms. The number of aryl methyl sites for hydroxylation is 1. The highest BCUT2D eigenvalue weighted by molar-refractivity contribution is 7.80. The highest BCUT2D eigenvalue weighted by Crippen LogP contribution is 2.49. The number of benzene rings is 1. The summed E-state index contributed by atoms with van der Waals surface area (Å²) < 4.78 is 0. The van der Waals surface area contributed by atoms with Gasteiger partial charge in [0.25, 0.3) is 0 Å². The van der Waals surface area contributed by atoms with Crippen LogP contribution in [0.15, 0.2) is 24.3 Å². The van der Waals surface area contributed by atoms with Crippen LogP contribution < -0.4 is 16.2 Å². The van der Waals surface area contributed by atoms with Crippen LogP contribution in [0.25, 0.3) is 0 Å². The van der Waals surface area contributed by atoms with Gasteiger partial charge in [0, 0.05) is 12.1 Å². The van der Waals surface area contributed by atoms with E-state index < -0.39 is 0 Å². The molecule has 0 saturated heterocycles. The molecule has 3 N–H and O–H groups in total. The van der Waals surface area contributed by atoms with Crippen LogP contribution >= 0.6 is 12.2 Å². The van der Waals surface area contributed by atoms with Crippen molar-refractivity contribution < 1.29 is 4.79 Å². The monoisotopic (exact) mass is 359 g/mol. The van der Waals surface area contributed by atoms with Crippen molar-refractivity contribution in [3.8, 4) is 0 Å². The molecule has 1 aromatic carbocycles. The number of carbonyl (C=O) groups is 1. The normalized spacial score (nSPS) is 24.1. The Hall–Kier alpha value is -1.62. The molecule has 0 aliphatic heterocycles. The average molecular weight is 360 g/mol. The van der Waals surface area contributed by atoms with Crippen LogP contribution in [-0.4, -0.2) is 11.0 Å². The molecule has 0 unspecified atom stereocenters. The summed E-state index contributed by atoms with van der Waals surface area (Å²) >= 11 is 5.26. The number of hydrogen-bond donors (Lipinski definition) is 3. The van der Waals surface area contributed by atoms with Crippen LogP contribution in [0.5, 0.6) is 0 Å². The summed E-state index contributed by atoms with van der Waals surface area (Å²) in [5, 5.41) is 3.53. The van der Waals surface area contributed by atoms with Crippen molar-refractivity contribution in [1.82, 2.24) is 10.9 Å². The van der Waals surface area contributed by atoms with Crippen molar-refractivity contribution in [3.63, 3.8) is 0 Å². The molecule has 2 aliphatic rings. The van der Waals surface area contributed by atoms with E-state index >= 15 is 0 Å². The summed E-state index contributed by atoms with van der Waals surface area (Å²) in [5.74, 6) is 2.25. The fourth-order valence-corrected chi connectivity index (χ4v) is 4.51. The average Bonchev–Trinajstić information content (AvgIpc) is 3.22. The molecular formula is C20H29N3OS. The van der Waals surface area contributed by atoms with Gasteiger partial charge in [0.1, 0.15) is 0 Å². The molecule has 0 radical (unpaired) electrons. The van der Waals surface area contributed by atoms with E-state index in [-0.39, 0.29) is 5.91 Å². The maximum atomic E-state index is 12.1. The Labute approximate surface area is 156 Å². The second kappa shape index (κ2) is 8.65. The SMILES string of the molecule is CCCCc1ccc(NC(=S)NNC(=O)C[C@@H]2C[C@H]3CC[C@@H]2C3)cc1. The summed E-state index contributed by atoms with van der Waals surface area (Å²) in [4.78, 5) is 12.1. The first-order valence-corrected chi connectivity index (χ1v) is 9.99. The van der Waals surface area contributed by atoms with Gasteiger partial charge in [-0.15, -0.1) is 0 Å². The van der Waals surface area contributed by atoms with Crippen molar-refractivity contribution in [2.75, 3.05) is 5.32 Å². The van der Waals surface area contributed by atoms with Gasteiger partial charge in [-0.1, -0.05) is 31.9 Å². The second-order valence-corrected chi connectivity index (χ2v) is 7.98. The molecule has 2 fully saturated rings. The fraction of sp³-hybridized carbons (Fsp3) is 0.600. The smallest absolute Gasteiger partial charge is 0.238 e. The fourth-order valence-electron chi connectivity index (χ4n) is 4.34. The van der Waals surface area contributed by atoms with Gasteiger partial charge in [0.15, 0.2) is 5.11 Å². The van der Waals surface area contributed by atoms with Crippen molar-refractivity contribution in [1.29, 1.82) is 0 Å². The Morgan fingerprint density at radius 1 is 1.16 bits per heavy atom. The van der Waals surface area contributed by atoms with E-state index in [0.717, 1.165) is 23.9 Å². The number of hydrogen-bond acceptors (Lipinski definition) is 2. The number of hydrazine groups is 1. The van der Waals surface area contributed by atoms with Gasteiger partial charge in [-0.05, 0) is 79.8 Å². The number of amides is 1. The summed E-state index contributed by atoms with van der Waals surface area (Å²) in [6.07, 6.45) is 9.38. The lowest BCUT2D eigenvalue weighted by Crippen LogP contribution is -2.44. The minimum absolute atomic E-state index is 0.0385. The number of unbranched alkanes of at least 4 members (excludes halogenated alkanes) is 1. The van der Waals surface area contributed by atoms with E-state index in [1.54, 1.807) is 0 Å². The van der Waals surface area contributed by atoms with Crippen LogP contribution in [-0.2, 0) is 11.2 Å². The molecular weight excluding hydrogens is 330 g/mol. The van der Waals surface area contributed by atoms with Crippen molar-refractivity contribution >= 4 is 28.9 Å². The molecule has 3 rings (SSSR count). The Morgan fingerprint density at radius 2 is 1.96 bits per heavy atom. The van der Waals surface area contributed by atoms with Crippen LogP contribution in [0.1, 0.15) is 57.4 Å². The largest absolute Gasteiger partial charge is 0.331 e. The topological polar surface area (TPSA) is 53.2 Å². The highest BCUT2D eigenvalue weighted by Gasteiger charge is 2.40. The quantitative estimate of drug-likeness (QED) is 0.527. The molecule has 2 bridgehead atoms. The van der Waals surface area contributed by atoms with E-state index in [0.29, 0.717) is 17.5 Å². The van der Waals surface area contributed by atoms with E-state index in [4.69, 9.17) is 12.2 Å². The first-order valence-electron chi connectivity index (χ1n) is 9.58. The maximum absolute atomic E-state index is 12.1. The Balaban J connectivity index is 1.36. The first-order chi connectivity index (χ1) is 12.1. The van der Waals surface area contributed by atoms with Crippen molar-refractivity contribution in [2.24, 2.45) is 17.8 Å². The minimum atomic E-state index is 0.0385. The zero-order valence-corrected chi connectivity index (χ0v) is 15.8.